The van der Waals surface area contributed by atoms with E-state index < -0.39 is 0 Å². The van der Waals surface area contributed by atoms with Crippen molar-refractivity contribution in [3.05, 3.63) is 6.42 Å². The normalized spacial score (nSPS) is 4.00. The first-order chi connectivity index (χ1) is 1.91. The molecule has 0 saturated heterocycles. The summed E-state index contributed by atoms with van der Waals surface area (Å²) in [7, 11) is 0. The second-order valence-corrected chi connectivity index (χ2v) is 0.381. The Morgan fingerprint density at radius 1 is 1.80 bits per heavy atom. The van der Waals surface area contributed by atoms with Crippen LogP contribution in [0.4, 0.5) is 0 Å². The zero-order valence-electron chi connectivity index (χ0n) is 2.86. The predicted molar refractivity (Wildman–Crippen MR) is 16.2 cm³/mol. The van der Waals surface area contributed by atoms with E-state index in [2.05, 4.69) is 0 Å². The SMILES string of the molecule is [C-]#CCN.[Y]. The molecule has 0 aliphatic carbocycles. The van der Waals surface area contributed by atoms with Crippen LogP contribution in [0, 0.1) is 12.3 Å². The minimum absolute atomic E-state index is 0. The summed E-state index contributed by atoms with van der Waals surface area (Å²) in [4.78, 5) is 0. The summed E-state index contributed by atoms with van der Waals surface area (Å²) in [6.45, 7) is 0.236. The van der Waals surface area contributed by atoms with Gasteiger partial charge in [-0.15, -0.1) is 0 Å². The fourth-order valence-electron chi connectivity index (χ4n) is 0. The van der Waals surface area contributed by atoms with Gasteiger partial charge in [0.2, 0.25) is 0 Å². The zero-order valence-corrected chi connectivity index (χ0v) is 5.70. The summed E-state index contributed by atoms with van der Waals surface area (Å²) < 4.78 is 0. The molecule has 0 amide bonds. The van der Waals surface area contributed by atoms with Crippen molar-refractivity contribution in [3.8, 4) is 5.92 Å². The molecule has 0 fully saturated rings. The molecule has 0 saturated carbocycles. The molecule has 25 valence electrons. The van der Waals surface area contributed by atoms with E-state index in [-0.39, 0.29) is 39.3 Å². The van der Waals surface area contributed by atoms with Crippen LogP contribution in [0.15, 0.2) is 0 Å². The van der Waals surface area contributed by atoms with E-state index in [1.807, 2.05) is 5.92 Å². The zero-order chi connectivity index (χ0) is 3.41. The summed E-state index contributed by atoms with van der Waals surface area (Å²) in [5, 5.41) is 0. The molecule has 0 aromatic rings. The van der Waals surface area contributed by atoms with Crippen molar-refractivity contribution in [1.29, 1.82) is 0 Å². The first-order valence-electron chi connectivity index (χ1n) is 1.01. The van der Waals surface area contributed by atoms with Crippen LogP contribution in [0.5, 0.6) is 0 Å². The van der Waals surface area contributed by atoms with Crippen LogP contribution in [-0.4, -0.2) is 6.54 Å². The molecule has 0 aliphatic rings. The Morgan fingerprint density at radius 2 is 2.00 bits per heavy atom. The molecular formula is C3H4NY-. The molecule has 0 unspecified atom stereocenters. The van der Waals surface area contributed by atoms with Crippen molar-refractivity contribution in [3.63, 3.8) is 0 Å². The summed E-state index contributed by atoms with van der Waals surface area (Å²) in [5.41, 5.74) is 4.73. The Morgan fingerprint density at radius 3 is 2.00 bits per heavy atom. The summed E-state index contributed by atoms with van der Waals surface area (Å²) in [6.07, 6.45) is 6.08. The van der Waals surface area contributed by atoms with Crippen LogP contribution < -0.4 is 5.73 Å². The maximum atomic E-state index is 6.08. The van der Waals surface area contributed by atoms with E-state index in [1.165, 1.54) is 0 Å². The topological polar surface area (TPSA) is 26.0 Å². The number of hydrogen-bond donors (Lipinski definition) is 1. The maximum absolute atomic E-state index is 6.08. The number of nitrogens with two attached hydrogens (primary N) is 1. The Balaban J connectivity index is 0. The Labute approximate surface area is 57.2 Å². The van der Waals surface area contributed by atoms with Gasteiger partial charge in [0.1, 0.15) is 0 Å². The van der Waals surface area contributed by atoms with Crippen molar-refractivity contribution in [2.24, 2.45) is 5.73 Å². The van der Waals surface area contributed by atoms with Crippen LogP contribution in [0.2, 0.25) is 0 Å². The second kappa shape index (κ2) is 8.82. The molecule has 1 nitrogen and oxygen atoms in total. The summed E-state index contributed by atoms with van der Waals surface area (Å²) in [6, 6.07) is 0. The first kappa shape index (κ1) is 9.16. The van der Waals surface area contributed by atoms with Crippen molar-refractivity contribution >= 4 is 0 Å². The molecule has 5 heavy (non-hydrogen) atoms. The average Bonchev–Trinajstić information content (AvgIpc) is 1.37. The summed E-state index contributed by atoms with van der Waals surface area (Å²) >= 11 is 0. The average molecular weight is 143 g/mol. The second-order valence-electron chi connectivity index (χ2n) is 0.381. The molecule has 0 rings (SSSR count). The van der Waals surface area contributed by atoms with E-state index in [0.29, 0.717) is 0 Å². The van der Waals surface area contributed by atoms with Crippen LogP contribution in [0.3, 0.4) is 0 Å². The van der Waals surface area contributed by atoms with Gasteiger partial charge >= 0.3 is 0 Å². The van der Waals surface area contributed by atoms with Crippen LogP contribution in [0.1, 0.15) is 0 Å². The molecule has 0 aromatic carbocycles. The van der Waals surface area contributed by atoms with Gasteiger partial charge in [-0.1, -0.05) is 0 Å². The molecule has 0 atom stereocenters. The fourth-order valence-corrected chi connectivity index (χ4v) is 0. The van der Waals surface area contributed by atoms with E-state index in [0.717, 1.165) is 0 Å². The van der Waals surface area contributed by atoms with Gasteiger partial charge in [0.05, 0.1) is 0 Å². The smallest absolute Gasteiger partial charge is 0.0153 e. The Bertz CT molecular complexity index is 36.6. The fraction of sp³-hybridized carbons (Fsp3) is 0.333. The largest absolute Gasteiger partial charge is 0.692 e. The molecule has 0 aromatic heterocycles. The molecule has 0 spiro atoms. The van der Waals surface area contributed by atoms with Gasteiger partial charge in [-0.2, -0.15) is 0 Å². The van der Waals surface area contributed by atoms with Gasteiger partial charge in [-0.3, -0.25) is 0 Å². The van der Waals surface area contributed by atoms with E-state index in [1.54, 1.807) is 0 Å². The van der Waals surface area contributed by atoms with Crippen molar-refractivity contribution in [2.45, 2.75) is 0 Å². The molecule has 0 heterocycles. The molecule has 0 bridgehead atoms. The minimum Gasteiger partial charge on any atom is -0.692 e. The van der Waals surface area contributed by atoms with Crippen LogP contribution in [-0.2, 0) is 32.7 Å². The third kappa shape index (κ3) is 12.1. The standard InChI is InChI=1S/C3H4N.Y/c1-2-3-4;/h3-4H2;/q-1;. The Hall–Kier alpha value is 0.624. The molecule has 2 N–H and O–H groups in total. The van der Waals surface area contributed by atoms with Crippen LogP contribution >= 0.6 is 0 Å². The quantitative estimate of drug-likeness (QED) is 0.360. The van der Waals surface area contributed by atoms with Crippen LogP contribution in [0.25, 0.3) is 0 Å². The van der Waals surface area contributed by atoms with Gasteiger partial charge in [-0.05, 0) is 0 Å². The number of rotatable bonds is 0. The molecule has 1 radical (unpaired) electrons. The van der Waals surface area contributed by atoms with Gasteiger partial charge in [0, 0.05) is 39.3 Å². The minimum atomic E-state index is 0. The van der Waals surface area contributed by atoms with Gasteiger partial charge in [0.25, 0.3) is 0 Å². The van der Waals surface area contributed by atoms with Crippen molar-refractivity contribution < 1.29 is 32.7 Å². The van der Waals surface area contributed by atoms with E-state index >= 15 is 0 Å². The predicted octanol–water partition coefficient (Wildman–Crippen LogP) is -0.468. The van der Waals surface area contributed by atoms with Gasteiger partial charge in [0.15, 0.2) is 0 Å². The molecule has 0 aliphatic heterocycles. The van der Waals surface area contributed by atoms with E-state index in [9.17, 15) is 0 Å². The Kier molecular flexibility index (Phi) is 16.2. The molecule has 2 heteroatoms. The van der Waals surface area contributed by atoms with Crippen molar-refractivity contribution in [1.82, 2.24) is 0 Å². The van der Waals surface area contributed by atoms with Gasteiger partial charge < -0.3 is 18.1 Å². The maximum Gasteiger partial charge on any atom is 0.0153 e. The third-order valence-corrected chi connectivity index (χ3v) is 0.102. The van der Waals surface area contributed by atoms with E-state index in [4.69, 9.17) is 12.2 Å². The van der Waals surface area contributed by atoms with Gasteiger partial charge in [-0.25, -0.2) is 0 Å². The number of hydrogen-bond acceptors (Lipinski definition) is 1. The van der Waals surface area contributed by atoms with Crippen molar-refractivity contribution in [2.75, 3.05) is 6.54 Å². The first-order valence-corrected chi connectivity index (χ1v) is 1.01. The summed E-state index contributed by atoms with van der Waals surface area (Å²) in [5.74, 6) is 1.96. The monoisotopic (exact) mass is 143 g/mol. The molecular weight excluding hydrogens is 139 g/mol. The third-order valence-electron chi connectivity index (χ3n) is 0.102.